The number of aromatic nitrogens is 1. The molecule has 32 heavy (non-hydrogen) atoms. The number of sulfonamides is 1. The van der Waals surface area contributed by atoms with Gasteiger partial charge in [0.1, 0.15) is 11.6 Å². The molecular formula is C22H22FN3O4S2. The first-order chi connectivity index (χ1) is 15.4. The molecule has 0 radical (unpaired) electrons. The number of hydrogen-bond donors (Lipinski definition) is 1. The minimum Gasteiger partial charge on any atom is -0.496 e. The van der Waals surface area contributed by atoms with Crippen molar-refractivity contribution in [3.63, 3.8) is 0 Å². The van der Waals surface area contributed by atoms with Crippen molar-refractivity contribution in [2.45, 2.75) is 24.2 Å². The number of ether oxygens (including phenoxy) is 1. The SMILES string of the molecule is COc1ccc(F)cc1-c1csc(NC(=O)c2cccc(S(=O)(=O)N3CCCCC3)c2)n1. The Bertz CT molecular complexity index is 1240. The van der Waals surface area contributed by atoms with E-state index in [2.05, 4.69) is 10.3 Å². The van der Waals surface area contributed by atoms with Crippen LogP contribution in [0.3, 0.4) is 0 Å². The Morgan fingerprint density at radius 1 is 1.16 bits per heavy atom. The minimum absolute atomic E-state index is 0.0939. The van der Waals surface area contributed by atoms with E-state index in [1.165, 1.54) is 53.1 Å². The van der Waals surface area contributed by atoms with Gasteiger partial charge in [-0.05, 0) is 49.2 Å². The van der Waals surface area contributed by atoms with E-state index in [9.17, 15) is 17.6 Å². The summed E-state index contributed by atoms with van der Waals surface area (Å²) in [6, 6.07) is 10.1. The van der Waals surface area contributed by atoms with E-state index in [1.807, 2.05) is 0 Å². The Balaban J connectivity index is 1.53. The number of anilines is 1. The maximum atomic E-state index is 13.7. The summed E-state index contributed by atoms with van der Waals surface area (Å²) in [5.74, 6) is -0.441. The summed E-state index contributed by atoms with van der Waals surface area (Å²) in [5.41, 5.74) is 1.14. The van der Waals surface area contributed by atoms with Crippen LogP contribution in [0.4, 0.5) is 9.52 Å². The molecule has 1 fully saturated rings. The lowest BCUT2D eigenvalue weighted by atomic mass is 10.1. The van der Waals surface area contributed by atoms with Crippen molar-refractivity contribution in [1.29, 1.82) is 0 Å². The van der Waals surface area contributed by atoms with Gasteiger partial charge in [0, 0.05) is 29.6 Å². The number of hydrogen-bond acceptors (Lipinski definition) is 6. The van der Waals surface area contributed by atoms with Crippen molar-refractivity contribution in [1.82, 2.24) is 9.29 Å². The molecular weight excluding hydrogens is 453 g/mol. The molecule has 0 unspecified atom stereocenters. The average Bonchev–Trinajstić information content (AvgIpc) is 3.28. The second-order valence-electron chi connectivity index (χ2n) is 7.33. The van der Waals surface area contributed by atoms with E-state index in [4.69, 9.17) is 4.74 Å². The fourth-order valence-corrected chi connectivity index (χ4v) is 5.83. The number of carbonyl (C=O) groups excluding carboxylic acids is 1. The number of thiazole rings is 1. The number of halogens is 1. The number of nitrogens with zero attached hydrogens (tertiary/aromatic N) is 2. The van der Waals surface area contributed by atoms with Crippen LogP contribution >= 0.6 is 11.3 Å². The van der Waals surface area contributed by atoms with E-state index in [-0.39, 0.29) is 10.5 Å². The Morgan fingerprint density at radius 2 is 1.94 bits per heavy atom. The van der Waals surface area contributed by atoms with Crippen LogP contribution < -0.4 is 10.1 Å². The number of nitrogens with one attached hydrogen (secondary N) is 1. The van der Waals surface area contributed by atoms with Gasteiger partial charge < -0.3 is 4.74 Å². The zero-order valence-corrected chi connectivity index (χ0v) is 19.0. The summed E-state index contributed by atoms with van der Waals surface area (Å²) in [6.07, 6.45) is 2.69. The number of piperidine rings is 1. The van der Waals surface area contributed by atoms with Gasteiger partial charge >= 0.3 is 0 Å². The molecule has 1 N–H and O–H groups in total. The number of methoxy groups -OCH3 is 1. The van der Waals surface area contributed by atoms with Gasteiger partial charge in [-0.25, -0.2) is 17.8 Å². The lowest BCUT2D eigenvalue weighted by Gasteiger charge is -2.26. The van der Waals surface area contributed by atoms with Gasteiger partial charge in [-0.2, -0.15) is 4.31 Å². The predicted octanol–water partition coefficient (Wildman–Crippen LogP) is 4.38. The topological polar surface area (TPSA) is 88.6 Å². The third-order valence-corrected chi connectivity index (χ3v) is 7.86. The zero-order chi connectivity index (χ0) is 22.7. The molecule has 0 atom stereocenters. The van der Waals surface area contributed by atoms with Gasteiger partial charge in [-0.1, -0.05) is 12.5 Å². The van der Waals surface area contributed by atoms with E-state index in [0.29, 0.717) is 35.2 Å². The zero-order valence-electron chi connectivity index (χ0n) is 17.4. The lowest BCUT2D eigenvalue weighted by molar-refractivity contribution is 0.102. The molecule has 4 rings (SSSR count). The van der Waals surface area contributed by atoms with Crippen LogP contribution in [0.2, 0.25) is 0 Å². The van der Waals surface area contributed by atoms with Crippen LogP contribution in [0.1, 0.15) is 29.6 Å². The normalized spacial score (nSPS) is 14.8. The second kappa shape index (κ2) is 9.35. The lowest BCUT2D eigenvalue weighted by Crippen LogP contribution is -2.35. The Labute approximate surface area is 189 Å². The highest BCUT2D eigenvalue weighted by Crippen LogP contribution is 2.33. The molecule has 7 nitrogen and oxygen atoms in total. The van der Waals surface area contributed by atoms with Gasteiger partial charge in [0.2, 0.25) is 10.0 Å². The molecule has 0 bridgehead atoms. The standard InChI is InChI=1S/C22H22FN3O4S2/c1-30-20-9-8-16(23)13-18(20)19-14-31-22(24-19)25-21(27)15-6-5-7-17(12-15)32(28,29)26-10-3-2-4-11-26/h5-9,12-14H,2-4,10-11H2,1H3,(H,24,25,27). The summed E-state index contributed by atoms with van der Waals surface area (Å²) in [6.45, 7) is 0.981. The quantitative estimate of drug-likeness (QED) is 0.571. The monoisotopic (exact) mass is 475 g/mol. The first kappa shape index (κ1) is 22.4. The van der Waals surface area contributed by atoms with Gasteiger partial charge in [0.25, 0.3) is 5.91 Å². The Morgan fingerprint density at radius 3 is 2.69 bits per heavy atom. The van der Waals surface area contributed by atoms with Crippen molar-refractivity contribution < 1.29 is 22.3 Å². The minimum atomic E-state index is -3.64. The molecule has 1 amide bonds. The maximum absolute atomic E-state index is 13.7. The molecule has 1 aliphatic rings. The van der Waals surface area contributed by atoms with Gasteiger partial charge in [-0.3, -0.25) is 10.1 Å². The van der Waals surface area contributed by atoms with Gasteiger partial charge in [-0.15, -0.1) is 11.3 Å². The fraction of sp³-hybridized carbons (Fsp3) is 0.273. The van der Waals surface area contributed by atoms with Crippen LogP contribution in [0.25, 0.3) is 11.3 Å². The maximum Gasteiger partial charge on any atom is 0.257 e. The molecule has 2 heterocycles. The van der Waals surface area contributed by atoms with Crippen molar-refractivity contribution in [3.8, 4) is 17.0 Å². The van der Waals surface area contributed by atoms with Crippen molar-refractivity contribution >= 4 is 32.4 Å². The summed E-state index contributed by atoms with van der Waals surface area (Å²) < 4.78 is 46.2. The molecule has 1 aliphatic heterocycles. The third kappa shape index (κ3) is 4.67. The molecule has 10 heteroatoms. The molecule has 1 saturated heterocycles. The smallest absolute Gasteiger partial charge is 0.257 e. The highest BCUT2D eigenvalue weighted by molar-refractivity contribution is 7.89. The molecule has 2 aromatic carbocycles. The predicted molar refractivity (Wildman–Crippen MR) is 121 cm³/mol. The number of carbonyl (C=O) groups is 1. The second-order valence-corrected chi connectivity index (χ2v) is 10.1. The first-order valence-corrected chi connectivity index (χ1v) is 12.4. The van der Waals surface area contributed by atoms with E-state index in [1.54, 1.807) is 17.5 Å². The molecule has 1 aromatic heterocycles. The van der Waals surface area contributed by atoms with Gasteiger partial charge in [0.05, 0.1) is 17.7 Å². The summed E-state index contributed by atoms with van der Waals surface area (Å²) in [4.78, 5) is 17.2. The van der Waals surface area contributed by atoms with Gasteiger partial charge in [0.15, 0.2) is 5.13 Å². The van der Waals surface area contributed by atoms with Crippen LogP contribution in [-0.4, -0.2) is 43.8 Å². The van der Waals surface area contributed by atoms with Crippen LogP contribution in [0.5, 0.6) is 5.75 Å². The number of benzene rings is 2. The van der Waals surface area contributed by atoms with E-state index < -0.39 is 21.7 Å². The highest BCUT2D eigenvalue weighted by Gasteiger charge is 2.26. The molecule has 0 saturated carbocycles. The highest BCUT2D eigenvalue weighted by atomic mass is 32.2. The van der Waals surface area contributed by atoms with Crippen LogP contribution in [0.15, 0.2) is 52.7 Å². The number of amides is 1. The molecule has 0 aliphatic carbocycles. The summed E-state index contributed by atoms with van der Waals surface area (Å²) >= 11 is 1.18. The Hall–Kier alpha value is -2.82. The Kier molecular flexibility index (Phi) is 6.54. The molecule has 0 spiro atoms. The number of rotatable bonds is 6. The van der Waals surface area contributed by atoms with Crippen molar-refractivity contribution in [2.24, 2.45) is 0 Å². The summed E-state index contributed by atoms with van der Waals surface area (Å²) in [5, 5.41) is 4.67. The van der Waals surface area contributed by atoms with Crippen molar-refractivity contribution in [3.05, 3.63) is 59.2 Å². The summed E-state index contributed by atoms with van der Waals surface area (Å²) in [7, 11) is -2.16. The van der Waals surface area contributed by atoms with E-state index >= 15 is 0 Å². The first-order valence-electron chi connectivity index (χ1n) is 10.1. The van der Waals surface area contributed by atoms with Crippen molar-refractivity contribution in [2.75, 3.05) is 25.5 Å². The average molecular weight is 476 g/mol. The largest absolute Gasteiger partial charge is 0.496 e. The van der Waals surface area contributed by atoms with E-state index in [0.717, 1.165) is 19.3 Å². The third-order valence-electron chi connectivity index (χ3n) is 5.21. The van der Waals surface area contributed by atoms with Crippen LogP contribution in [-0.2, 0) is 10.0 Å². The molecule has 168 valence electrons. The fourth-order valence-electron chi connectivity index (χ4n) is 3.56. The molecule has 3 aromatic rings. The van der Waals surface area contributed by atoms with Crippen LogP contribution in [0, 0.1) is 5.82 Å².